The molecule has 11 heteroatoms. The van der Waals surface area contributed by atoms with E-state index in [1.807, 2.05) is 0 Å². The van der Waals surface area contributed by atoms with Gasteiger partial charge in [0.05, 0.1) is 23.9 Å². The zero-order chi connectivity index (χ0) is 21.2. The average molecular weight is 428 g/mol. The molecule has 3 aromatic rings. The molecule has 1 amide bonds. The topological polar surface area (TPSA) is 104 Å². The Hall–Kier alpha value is -2.76. The van der Waals surface area contributed by atoms with Gasteiger partial charge < -0.3 is 21.1 Å². The Labute approximate surface area is 166 Å². The van der Waals surface area contributed by atoms with Crippen molar-refractivity contribution < 1.29 is 27.5 Å². The van der Waals surface area contributed by atoms with Gasteiger partial charge in [0.15, 0.2) is 0 Å². The van der Waals surface area contributed by atoms with Crippen molar-refractivity contribution in [3.63, 3.8) is 0 Å². The fraction of sp³-hybridized carbons (Fsp3) is 0.222. The van der Waals surface area contributed by atoms with Crippen molar-refractivity contribution >= 4 is 17.2 Å². The molecule has 2 aromatic heterocycles. The van der Waals surface area contributed by atoms with Gasteiger partial charge in [-0.15, -0.1) is 11.3 Å². The van der Waals surface area contributed by atoms with Gasteiger partial charge >= 0.3 is 6.18 Å². The summed E-state index contributed by atoms with van der Waals surface area (Å²) in [6, 6.07) is 4.83. The number of nitrogens with one attached hydrogen (secondary N) is 2. The number of aliphatic hydroxyl groups is 1. The minimum atomic E-state index is -4.79. The van der Waals surface area contributed by atoms with Gasteiger partial charge in [-0.2, -0.15) is 13.2 Å². The summed E-state index contributed by atoms with van der Waals surface area (Å²) in [6.45, 7) is -0.160. The van der Waals surface area contributed by atoms with E-state index >= 15 is 0 Å². The average Bonchev–Trinajstić information content (AvgIpc) is 3.34. The lowest BCUT2D eigenvalue weighted by Gasteiger charge is -2.13. The van der Waals surface area contributed by atoms with Gasteiger partial charge in [0, 0.05) is 23.2 Å². The summed E-state index contributed by atoms with van der Waals surface area (Å²) in [5, 5.41) is 14.0. The summed E-state index contributed by atoms with van der Waals surface area (Å²) in [5.74, 6) is -1.91. The lowest BCUT2D eigenvalue weighted by Crippen LogP contribution is -2.33. The summed E-state index contributed by atoms with van der Waals surface area (Å²) in [7, 11) is 0. The Morgan fingerprint density at radius 3 is 2.66 bits per heavy atom. The van der Waals surface area contributed by atoms with Crippen molar-refractivity contribution in [2.75, 3.05) is 6.54 Å². The molecule has 0 fully saturated rings. The van der Waals surface area contributed by atoms with Crippen LogP contribution in [0.2, 0.25) is 0 Å². The highest BCUT2D eigenvalue weighted by Crippen LogP contribution is 2.33. The molecule has 0 aliphatic heterocycles. The third-order valence-corrected chi connectivity index (χ3v) is 5.09. The van der Waals surface area contributed by atoms with Gasteiger partial charge in [-0.25, -0.2) is 9.37 Å². The van der Waals surface area contributed by atoms with Crippen LogP contribution in [-0.2, 0) is 12.8 Å². The Kier molecular flexibility index (Phi) is 6.01. The smallest absolute Gasteiger partial charge is 0.390 e. The van der Waals surface area contributed by atoms with Gasteiger partial charge in [-0.05, 0) is 24.3 Å². The Morgan fingerprint density at radius 2 is 2.07 bits per heavy atom. The minimum absolute atomic E-state index is 0.0712. The number of aromatic amines is 1. The molecule has 29 heavy (non-hydrogen) atoms. The standard InChI is InChI=1S/C18H16F4N4O2S/c19-12-5-9(1-2-11(12)18(20,21)22)13-3-4-14(25-13)16(28)26-15(6-23)17-24-10(7-27)8-29-17/h1-5,8,15,25,27H,6-7,23H2,(H,26,28)/t15-/m1/s1. The number of amides is 1. The molecule has 1 aromatic carbocycles. The SMILES string of the molecule is NC[C@@H](NC(=O)c1ccc(-c2ccc(C(F)(F)F)c(F)c2)[nH]1)c1nc(CO)cs1. The molecule has 0 aliphatic carbocycles. The number of benzene rings is 1. The summed E-state index contributed by atoms with van der Waals surface area (Å²) < 4.78 is 51.8. The fourth-order valence-corrected chi connectivity index (χ4v) is 3.49. The summed E-state index contributed by atoms with van der Waals surface area (Å²) in [6.07, 6.45) is -4.79. The van der Waals surface area contributed by atoms with Crippen LogP contribution < -0.4 is 11.1 Å². The van der Waals surface area contributed by atoms with Crippen LogP contribution in [0.25, 0.3) is 11.3 Å². The number of rotatable bonds is 6. The normalized spacial score (nSPS) is 12.8. The summed E-state index contributed by atoms with van der Waals surface area (Å²) in [5.41, 5.74) is 5.36. The number of alkyl halides is 3. The third-order valence-electron chi connectivity index (χ3n) is 4.09. The molecule has 154 valence electrons. The molecule has 0 spiro atoms. The lowest BCUT2D eigenvalue weighted by molar-refractivity contribution is -0.139. The number of carbonyl (C=O) groups is 1. The second-order valence-electron chi connectivity index (χ2n) is 6.08. The van der Waals surface area contributed by atoms with E-state index in [4.69, 9.17) is 10.8 Å². The molecule has 5 N–H and O–H groups in total. The fourth-order valence-electron chi connectivity index (χ4n) is 2.62. The van der Waals surface area contributed by atoms with Crippen LogP contribution in [0.1, 0.15) is 32.8 Å². The number of halogens is 4. The van der Waals surface area contributed by atoms with E-state index in [9.17, 15) is 22.4 Å². The summed E-state index contributed by atoms with van der Waals surface area (Å²) in [4.78, 5) is 19.4. The van der Waals surface area contributed by atoms with E-state index in [0.29, 0.717) is 16.8 Å². The van der Waals surface area contributed by atoms with Crippen LogP contribution in [0.3, 0.4) is 0 Å². The van der Waals surface area contributed by atoms with Gasteiger partial charge in [0.2, 0.25) is 0 Å². The molecule has 1 atom stereocenters. The molecular formula is C18H16F4N4O2S. The van der Waals surface area contributed by atoms with Gasteiger partial charge in [-0.3, -0.25) is 4.79 Å². The quantitative estimate of drug-likeness (QED) is 0.453. The van der Waals surface area contributed by atoms with Crippen LogP contribution in [0, 0.1) is 5.82 Å². The molecular weight excluding hydrogens is 412 g/mol. The predicted octanol–water partition coefficient (Wildman–Crippen LogP) is 3.22. The summed E-state index contributed by atoms with van der Waals surface area (Å²) >= 11 is 1.24. The number of thiazole rings is 1. The predicted molar refractivity (Wildman–Crippen MR) is 98.5 cm³/mol. The van der Waals surface area contributed by atoms with Crippen LogP contribution in [0.5, 0.6) is 0 Å². The lowest BCUT2D eigenvalue weighted by atomic mass is 10.1. The van der Waals surface area contributed by atoms with E-state index in [-0.39, 0.29) is 30.1 Å². The number of hydrogen-bond donors (Lipinski definition) is 4. The number of H-pyrrole nitrogens is 1. The number of carbonyl (C=O) groups excluding carboxylic acids is 1. The highest BCUT2D eigenvalue weighted by molar-refractivity contribution is 7.09. The molecule has 0 bridgehead atoms. The first-order valence-corrected chi connectivity index (χ1v) is 9.23. The van der Waals surface area contributed by atoms with Gasteiger partial charge in [0.1, 0.15) is 16.5 Å². The molecule has 0 aliphatic rings. The van der Waals surface area contributed by atoms with Crippen LogP contribution in [0.15, 0.2) is 35.7 Å². The Bertz CT molecular complexity index is 1020. The van der Waals surface area contributed by atoms with Crippen molar-refractivity contribution in [2.45, 2.75) is 18.8 Å². The van der Waals surface area contributed by atoms with Crippen molar-refractivity contribution in [3.8, 4) is 11.3 Å². The van der Waals surface area contributed by atoms with E-state index in [1.54, 1.807) is 5.38 Å². The maximum atomic E-state index is 13.8. The number of hydrogen-bond acceptors (Lipinski definition) is 5. The second kappa shape index (κ2) is 8.31. The monoisotopic (exact) mass is 428 g/mol. The number of aliphatic hydroxyl groups excluding tert-OH is 1. The largest absolute Gasteiger partial charge is 0.419 e. The van der Waals surface area contributed by atoms with Crippen LogP contribution in [-0.4, -0.2) is 27.5 Å². The van der Waals surface area contributed by atoms with E-state index in [1.165, 1.54) is 23.5 Å². The minimum Gasteiger partial charge on any atom is -0.390 e. The Balaban J connectivity index is 1.77. The Morgan fingerprint density at radius 1 is 1.31 bits per heavy atom. The van der Waals surface area contributed by atoms with E-state index in [0.717, 1.165) is 12.1 Å². The van der Waals surface area contributed by atoms with E-state index in [2.05, 4.69) is 15.3 Å². The zero-order valence-corrected chi connectivity index (χ0v) is 15.6. The molecule has 3 rings (SSSR count). The maximum absolute atomic E-state index is 13.8. The first-order valence-electron chi connectivity index (χ1n) is 8.35. The molecule has 0 saturated carbocycles. The molecule has 0 saturated heterocycles. The van der Waals surface area contributed by atoms with Crippen molar-refractivity contribution in [2.24, 2.45) is 5.73 Å². The highest BCUT2D eigenvalue weighted by atomic mass is 32.1. The van der Waals surface area contributed by atoms with Crippen molar-refractivity contribution in [1.29, 1.82) is 0 Å². The van der Waals surface area contributed by atoms with Crippen LogP contribution >= 0.6 is 11.3 Å². The molecule has 0 radical (unpaired) electrons. The first-order chi connectivity index (χ1) is 13.7. The van der Waals surface area contributed by atoms with Crippen LogP contribution in [0.4, 0.5) is 17.6 Å². The zero-order valence-electron chi connectivity index (χ0n) is 14.8. The molecule has 0 unspecified atom stereocenters. The maximum Gasteiger partial charge on any atom is 0.419 e. The molecule has 6 nitrogen and oxygen atoms in total. The van der Waals surface area contributed by atoms with Crippen molar-refractivity contribution in [1.82, 2.24) is 15.3 Å². The highest BCUT2D eigenvalue weighted by Gasteiger charge is 2.34. The van der Waals surface area contributed by atoms with Gasteiger partial charge in [-0.1, -0.05) is 6.07 Å². The number of nitrogens with two attached hydrogens (primary N) is 1. The molecule has 2 heterocycles. The van der Waals surface area contributed by atoms with Gasteiger partial charge in [0.25, 0.3) is 5.91 Å². The number of aromatic nitrogens is 2. The number of nitrogens with zero attached hydrogens (tertiary/aromatic N) is 1. The third kappa shape index (κ3) is 4.63. The first kappa shape index (κ1) is 21.0. The second-order valence-corrected chi connectivity index (χ2v) is 6.96. The van der Waals surface area contributed by atoms with E-state index < -0.39 is 29.5 Å². The van der Waals surface area contributed by atoms with Crippen molar-refractivity contribution in [3.05, 3.63) is 63.5 Å².